The van der Waals surface area contributed by atoms with E-state index in [4.69, 9.17) is 16.6 Å². The van der Waals surface area contributed by atoms with Gasteiger partial charge in [0.2, 0.25) is 0 Å². The highest BCUT2D eigenvalue weighted by Crippen LogP contribution is 2.21. The van der Waals surface area contributed by atoms with Crippen molar-refractivity contribution in [1.82, 2.24) is 14.9 Å². The number of likely N-dealkylation sites (N-methyl/N-ethyl adjacent to an activating group) is 1. The average molecular weight is 356 g/mol. The number of fused-ring (bicyclic) bond motifs is 1. The fraction of sp³-hybridized carbons (Fsp3) is 0.300. The third kappa shape index (κ3) is 3.75. The summed E-state index contributed by atoms with van der Waals surface area (Å²) in [6.07, 6.45) is 0. The van der Waals surface area contributed by atoms with E-state index in [0.717, 1.165) is 12.1 Å². The van der Waals surface area contributed by atoms with Crippen molar-refractivity contribution in [2.75, 3.05) is 6.54 Å². The maximum Gasteiger partial charge on any atom is 0.261 e. The van der Waals surface area contributed by atoms with Gasteiger partial charge in [0.05, 0.1) is 10.9 Å². The van der Waals surface area contributed by atoms with Gasteiger partial charge in [-0.15, -0.1) is 0 Å². The van der Waals surface area contributed by atoms with E-state index in [1.165, 1.54) is 5.56 Å². The summed E-state index contributed by atoms with van der Waals surface area (Å²) in [6.45, 7) is 7.56. The van der Waals surface area contributed by atoms with E-state index in [0.29, 0.717) is 28.3 Å². The van der Waals surface area contributed by atoms with E-state index in [2.05, 4.69) is 19.2 Å². The van der Waals surface area contributed by atoms with Crippen LogP contribution in [0.2, 0.25) is 5.02 Å². The van der Waals surface area contributed by atoms with E-state index in [-0.39, 0.29) is 11.6 Å². The molecular weight excluding hydrogens is 334 g/mol. The number of nitrogens with one attached hydrogen (secondary N) is 1. The first-order valence-electron chi connectivity index (χ1n) is 8.50. The molecule has 130 valence electrons. The fourth-order valence-electron chi connectivity index (χ4n) is 2.97. The first-order chi connectivity index (χ1) is 12.0. The van der Waals surface area contributed by atoms with Crippen LogP contribution in [-0.4, -0.2) is 22.1 Å². The Bertz CT molecular complexity index is 948. The molecule has 0 fully saturated rings. The van der Waals surface area contributed by atoms with Crippen LogP contribution in [0.4, 0.5) is 0 Å². The van der Waals surface area contributed by atoms with Crippen LogP contribution in [0.15, 0.2) is 47.3 Å². The maximum atomic E-state index is 13.1. The number of benzene rings is 2. The van der Waals surface area contributed by atoms with Crippen LogP contribution in [-0.2, 0) is 6.54 Å². The van der Waals surface area contributed by atoms with Crippen LogP contribution in [0, 0.1) is 6.92 Å². The molecule has 0 bridgehead atoms. The van der Waals surface area contributed by atoms with Crippen molar-refractivity contribution in [3.05, 3.63) is 63.4 Å². The van der Waals surface area contributed by atoms with Crippen LogP contribution in [0.1, 0.15) is 19.4 Å². The molecule has 2 aromatic carbocycles. The Morgan fingerprint density at radius 2 is 1.92 bits per heavy atom. The number of halogens is 1. The predicted octanol–water partition coefficient (Wildman–Crippen LogP) is 4.02. The quantitative estimate of drug-likeness (QED) is 0.751. The molecule has 1 unspecified atom stereocenters. The summed E-state index contributed by atoms with van der Waals surface area (Å²) < 4.78 is 1.75. The zero-order chi connectivity index (χ0) is 18.0. The standard InChI is InChI=1S/C20H22ClN3O/c1-4-22-14(3)12-24-19(15-7-5-13(2)6-8-15)23-18-10-9-16(21)11-17(18)20(24)25/h5-11,14,22H,4,12H2,1-3H3. The molecule has 0 aliphatic rings. The second kappa shape index (κ2) is 7.38. The second-order valence-corrected chi connectivity index (χ2v) is 6.77. The Kier molecular flexibility index (Phi) is 5.21. The lowest BCUT2D eigenvalue weighted by atomic mass is 10.1. The number of rotatable bonds is 5. The van der Waals surface area contributed by atoms with Gasteiger partial charge in [-0.25, -0.2) is 4.98 Å². The van der Waals surface area contributed by atoms with Crippen molar-refractivity contribution in [3.63, 3.8) is 0 Å². The SMILES string of the molecule is CCNC(C)Cn1c(-c2ccc(C)cc2)nc2ccc(Cl)cc2c1=O. The molecule has 1 N–H and O–H groups in total. The number of nitrogens with zero attached hydrogens (tertiary/aromatic N) is 2. The molecule has 1 atom stereocenters. The third-order valence-corrected chi connectivity index (χ3v) is 4.47. The molecule has 1 heterocycles. The van der Waals surface area contributed by atoms with Gasteiger partial charge < -0.3 is 5.32 Å². The summed E-state index contributed by atoms with van der Waals surface area (Å²) in [7, 11) is 0. The molecule has 3 aromatic rings. The molecule has 5 heteroatoms. The lowest BCUT2D eigenvalue weighted by Crippen LogP contribution is -2.35. The van der Waals surface area contributed by atoms with E-state index in [1.54, 1.807) is 22.8 Å². The van der Waals surface area contributed by atoms with Gasteiger partial charge in [0.15, 0.2) is 0 Å². The van der Waals surface area contributed by atoms with Gasteiger partial charge in [-0.3, -0.25) is 9.36 Å². The molecule has 1 aromatic heterocycles. The minimum absolute atomic E-state index is 0.0622. The highest BCUT2D eigenvalue weighted by Gasteiger charge is 2.15. The smallest absolute Gasteiger partial charge is 0.261 e. The van der Waals surface area contributed by atoms with E-state index in [1.807, 2.05) is 31.2 Å². The van der Waals surface area contributed by atoms with Crippen LogP contribution in [0.5, 0.6) is 0 Å². The first-order valence-corrected chi connectivity index (χ1v) is 8.88. The number of hydrogen-bond acceptors (Lipinski definition) is 3. The summed E-state index contributed by atoms with van der Waals surface area (Å²) in [5, 5.41) is 4.45. The zero-order valence-electron chi connectivity index (χ0n) is 14.7. The normalized spacial score (nSPS) is 12.5. The van der Waals surface area contributed by atoms with Crippen LogP contribution < -0.4 is 10.9 Å². The molecular formula is C20H22ClN3O. The Labute approximate surface area is 152 Å². The summed E-state index contributed by atoms with van der Waals surface area (Å²) in [5.41, 5.74) is 2.71. The van der Waals surface area contributed by atoms with Crippen LogP contribution >= 0.6 is 11.6 Å². The molecule has 0 saturated carbocycles. The van der Waals surface area contributed by atoms with Crippen molar-refractivity contribution in [2.24, 2.45) is 0 Å². The minimum atomic E-state index is -0.0622. The molecule has 0 amide bonds. The Hall–Kier alpha value is -2.17. The number of aryl methyl sites for hydroxylation is 1. The average Bonchev–Trinajstić information content (AvgIpc) is 2.59. The van der Waals surface area contributed by atoms with Crippen LogP contribution in [0.25, 0.3) is 22.3 Å². The molecule has 0 saturated heterocycles. The summed E-state index contributed by atoms with van der Waals surface area (Å²) in [4.78, 5) is 17.9. The molecule has 0 radical (unpaired) electrons. The summed E-state index contributed by atoms with van der Waals surface area (Å²) >= 11 is 6.08. The van der Waals surface area contributed by atoms with E-state index >= 15 is 0 Å². The topological polar surface area (TPSA) is 46.9 Å². The summed E-state index contributed by atoms with van der Waals surface area (Å²) in [6, 6.07) is 13.5. The van der Waals surface area contributed by atoms with Gasteiger partial charge in [0.1, 0.15) is 5.82 Å². The van der Waals surface area contributed by atoms with Gasteiger partial charge >= 0.3 is 0 Å². The zero-order valence-corrected chi connectivity index (χ0v) is 15.5. The van der Waals surface area contributed by atoms with E-state index in [9.17, 15) is 4.79 Å². The van der Waals surface area contributed by atoms with Crippen LogP contribution in [0.3, 0.4) is 0 Å². The Morgan fingerprint density at radius 1 is 1.20 bits per heavy atom. The van der Waals surface area contributed by atoms with Gasteiger partial charge in [-0.1, -0.05) is 48.4 Å². The van der Waals surface area contributed by atoms with Gasteiger partial charge in [0.25, 0.3) is 5.56 Å². The van der Waals surface area contributed by atoms with Crippen molar-refractivity contribution in [1.29, 1.82) is 0 Å². The first kappa shape index (κ1) is 17.6. The monoisotopic (exact) mass is 355 g/mol. The molecule has 0 aliphatic heterocycles. The molecule has 0 aliphatic carbocycles. The summed E-state index contributed by atoms with van der Waals surface area (Å²) in [5.74, 6) is 0.685. The molecule has 25 heavy (non-hydrogen) atoms. The van der Waals surface area contributed by atoms with Crippen molar-refractivity contribution >= 4 is 22.5 Å². The second-order valence-electron chi connectivity index (χ2n) is 6.34. The van der Waals surface area contributed by atoms with Crippen molar-refractivity contribution in [2.45, 2.75) is 33.4 Å². The Balaban J connectivity index is 2.23. The largest absolute Gasteiger partial charge is 0.313 e. The lowest BCUT2D eigenvalue weighted by molar-refractivity contribution is 0.483. The van der Waals surface area contributed by atoms with Gasteiger partial charge in [0, 0.05) is 23.2 Å². The molecule has 4 nitrogen and oxygen atoms in total. The van der Waals surface area contributed by atoms with E-state index < -0.39 is 0 Å². The number of hydrogen-bond donors (Lipinski definition) is 1. The maximum absolute atomic E-state index is 13.1. The van der Waals surface area contributed by atoms with Crippen molar-refractivity contribution in [3.8, 4) is 11.4 Å². The highest BCUT2D eigenvalue weighted by molar-refractivity contribution is 6.31. The Morgan fingerprint density at radius 3 is 2.60 bits per heavy atom. The lowest BCUT2D eigenvalue weighted by Gasteiger charge is -2.18. The van der Waals surface area contributed by atoms with Crippen molar-refractivity contribution < 1.29 is 0 Å². The fourth-order valence-corrected chi connectivity index (χ4v) is 3.14. The highest BCUT2D eigenvalue weighted by atomic mass is 35.5. The molecule has 0 spiro atoms. The number of aromatic nitrogens is 2. The third-order valence-electron chi connectivity index (χ3n) is 4.23. The minimum Gasteiger partial charge on any atom is -0.313 e. The van der Waals surface area contributed by atoms with Gasteiger partial charge in [-0.2, -0.15) is 0 Å². The van der Waals surface area contributed by atoms with Gasteiger partial charge in [-0.05, 0) is 38.6 Å². The predicted molar refractivity (Wildman–Crippen MR) is 104 cm³/mol. The molecule has 3 rings (SSSR count).